The van der Waals surface area contributed by atoms with Gasteiger partial charge in [0.1, 0.15) is 66.5 Å². The van der Waals surface area contributed by atoms with Gasteiger partial charge in [-0.3, -0.25) is 74.4 Å². The van der Waals surface area contributed by atoms with Crippen LogP contribution in [-0.2, 0) is 70.4 Å². The Morgan fingerprint density at radius 2 is 0.982 bits per heavy atom. The number of likely N-dealkylation sites (tertiary alicyclic amines) is 1. The van der Waals surface area contributed by atoms with Crippen LogP contribution in [0, 0.1) is 27.1 Å². The van der Waals surface area contributed by atoms with E-state index in [1.165, 1.54) is 43.9 Å². The number of carbonyl (C=O) groups is 12. The van der Waals surface area contributed by atoms with Gasteiger partial charge in [0.15, 0.2) is 23.8 Å². The molecule has 0 spiro atoms. The molecule has 0 aliphatic carbocycles. The highest BCUT2D eigenvalue weighted by Gasteiger charge is 2.44. The summed E-state index contributed by atoms with van der Waals surface area (Å²) in [4.78, 5) is 173. The standard InChI is InChI=1S/C74H113N23O14S3/c1-39(98)55(65(107)91-49(24-17-32-86-72(81)82)61(103)96-57(68(110)111)73(3,4)5)94-66(108)56(74(6,7)113)95-64(106)53-25-12-13-33-97(53)67(109)51(36-44-38-114-54-26-11-10-20-45(44)54)93-62(104)50(35-41-27-28-42-18-8-9-19-43(42)34-41)92-60(102)48(23-16-31-85-71(79)80)89-58(100)46(21-14-29-83-69(75)76)88-59(101)47(22-15-30-84-70(77)78)90-63(105)52(37-112)87-40(2)99/h8-11,18-20,26-28,34,38-39,46-53,55-57,98,112-113H,12-17,21-25,29-33,35-37H2,1-7H3,(H,87,99)(H,88,101)(H,89,100)(H,90,105)(H,91,107)(H,92,102)(H,93,104)(H,94,108)(H,95,106)(H,96,103)(H,110,111)(H4,75,76,83)(H4,77,78,84)(H4,79,80,85)(H4,81,82,86)/t39-,46+,47-,48+,49+,50+,51+,52+,53+,55+,56-,57-/m1/s1. The summed E-state index contributed by atoms with van der Waals surface area (Å²) in [7, 11) is 0. The van der Waals surface area contributed by atoms with E-state index in [0.29, 0.717) is 24.0 Å². The van der Waals surface area contributed by atoms with Crippen molar-refractivity contribution < 1.29 is 67.7 Å². The van der Waals surface area contributed by atoms with Crippen LogP contribution in [0.15, 0.2) is 72.1 Å². The van der Waals surface area contributed by atoms with E-state index in [1.807, 2.05) is 60.0 Å². The van der Waals surface area contributed by atoms with E-state index >= 15 is 19.2 Å². The zero-order valence-electron chi connectivity index (χ0n) is 65.1. The van der Waals surface area contributed by atoms with Crippen LogP contribution >= 0.6 is 36.6 Å². The predicted molar refractivity (Wildman–Crippen MR) is 440 cm³/mol. The molecule has 11 amide bonds. The number of carboxylic acid groups (broad SMARTS) is 1. The minimum Gasteiger partial charge on any atom is -0.480 e. The molecule has 1 aliphatic heterocycles. The second-order valence-electron chi connectivity index (χ2n) is 29.6. The number of aliphatic hydroxyl groups excluding tert-OH is 1. The first-order valence-electron chi connectivity index (χ1n) is 37.5. The van der Waals surface area contributed by atoms with Gasteiger partial charge < -0.3 is 112 Å². The average Bonchev–Trinajstić information content (AvgIpc) is 1.24. The Labute approximate surface area is 676 Å². The molecular weight excluding hydrogens is 1530 g/mol. The number of thiol groups is 2. The minimum absolute atomic E-state index is 0.0171. The number of nitrogens with two attached hydrogens (primary N) is 4. The number of benzene rings is 3. The van der Waals surface area contributed by atoms with Crippen LogP contribution in [0.5, 0.6) is 0 Å². The van der Waals surface area contributed by atoms with Crippen LogP contribution in [0.2, 0.25) is 0 Å². The Hall–Kier alpha value is -10.7. The lowest BCUT2D eigenvalue weighted by molar-refractivity contribution is -0.146. The first kappa shape index (κ1) is 93.9. The van der Waals surface area contributed by atoms with Crippen molar-refractivity contribution in [3.63, 3.8) is 0 Å². The van der Waals surface area contributed by atoms with E-state index in [0.717, 1.165) is 20.9 Å². The summed E-state index contributed by atoms with van der Waals surface area (Å²) in [6.45, 7) is 10.3. The SMILES string of the molecule is CC(=O)N[C@@H](CS)C(=O)N[C@H](CCCNC(=N)N)C(=O)N[C@@H](CCCNC(=N)N)C(=O)N[C@@H](CCCNC(=N)N)C(=O)N[C@@H](Cc1ccc2ccccc2c1)C(=O)N[C@@H](Cc1csc2ccccc12)C(=O)N1CCCC[C@H]1C(=O)N[C@H](C(=O)N[C@H](C(=O)N[C@@H](CCCNC(=N)N)C(=O)N[C@H](C(=O)O)C(C)(C)C)[C@@H](C)O)C(C)(C)S. The van der Waals surface area contributed by atoms with Gasteiger partial charge in [-0.25, -0.2) is 4.79 Å². The number of hydrogen-bond donors (Lipinski definition) is 26. The van der Waals surface area contributed by atoms with Crippen LogP contribution < -0.4 is 97.4 Å². The highest BCUT2D eigenvalue weighted by Crippen LogP contribution is 2.29. The van der Waals surface area contributed by atoms with Crippen LogP contribution in [0.3, 0.4) is 0 Å². The zero-order chi connectivity index (χ0) is 84.7. The molecule has 1 saturated heterocycles. The summed E-state index contributed by atoms with van der Waals surface area (Å²) in [6.07, 6.45) is -1.32. The van der Waals surface area contributed by atoms with Gasteiger partial charge in [-0.05, 0) is 136 Å². The van der Waals surface area contributed by atoms with E-state index in [-0.39, 0.29) is 127 Å². The second-order valence-corrected chi connectivity index (χ2v) is 32.0. The molecule has 3 aromatic carbocycles. The van der Waals surface area contributed by atoms with Gasteiger partial charge in [0.2, 0.25) is 65.0 Å². The first-order chi connectivity index (χ1) is 53.7. The van der Waals surface area contributed by atoms with Crippen LogP contribution in [-0.4, -0.2) is 226 Å². The Kier molecular flexibility index (Phi) is 37.2. The summed E-state index contributed by atoms with van der Waals surface area (Å²) in [5.74, 6) is -12.6. The number of hydrogen-bond acceptors (Lipinski definition) is 20. The molecule has 114 heavy (non-hydrogen) atoms. The number of guanidine groups is 4. The number of amides is 11. The van der Waals surface area contributed by atoms with E-state index in [4.69, 9.17) is 57.2 Å². The number of nitrogens with one attached hydrogen (secondary N) is 18. The molecule has 0 saturated carbocycles. The van der Waals surface area contributed by atoms with Crippen molar-refractivity contribution in [3.8, 4) is 0 Å². The van der Waals surface area contributed by atoms with E-state index < -0.39 is 160 Å². The molecular formula is C74H113N23O14S3. The van der Waals surface area contributed by atoms with Crippen LogP contribution in [0.1, 0.15) is 130 Å². The monoisotopic (exact) mass is 1640 g/mol. The number of piperidine rings is 1. The van der Waals surface area contributed by atoms with E-state index in [1.54, 1.807) is 32.9 Å². The number of carbonyl (C=O) groups excluding carboxylic acids is 11. The largest absolute Gasteiger partial charge is 0.480 e. The Bertz CT molecular complexity index is 4080. The van der Waals surface area contributed by atoms with Crippen molar-refractivity contribution in [2.24, 2.45) is 28.3 Å². The fourth-order valence-corrected chi connectivity index (χ4v) is 14.1. The van der Waals surface area contributed by atoms with Crippen molar-refractivity contribution in [2.75, 3.05) is 38.5 Å². The topological polar surface area (TPSA) is 616 Å². The normalized spacial score (nSPS) is 15.7. The molecule has 0 bridgehead atoms. The van der Waals surface area contributed by atoms with E-state index in [2.05, 4.69) is 87.1 Å². The highest BCUT2D eigenvalue weighted by atomic mass is 32.1. The fourth-order valence-electron chi connectivity index (χ4n) is 12.7. The number of carboxylic acids is 1. The molecule has 4 aromatic rings. The summed E-state index contributed by atoms with van der Waals surface area (Å²) in [5, 5.41) is 93.1. The molecule has 0 unspecified atom stereocenters. The summed E-state index contributed by atoms with van der Waals surface area (Å²) < 4.78 is -0.611. The Morgan fingerprint density at radius 1 is 0.535 bits per heavy atom. The lowest BCUT2D eigenvalue weighted by Gasteiger charge is -2.39. The number of thiophene rings is 1. The summed E-state index contributed by atoms with van der Waals surface area (Å²) >= 11 is 10.3. The highest BCUT2D eigenvalue weighted by molar-refractivity contribution is 7.81. The molecule has 28 N–H and O–H groups in total. The summed E-state index contributed by atoms with van der Waals surface area (Å²) in [6, 6.07) is 3.93. The third-order valence-electron chi connectivity index (χ3n) is 18.6. The molecule has 1 aliphatic rings. The van der Waals surface area contributed by atoms with Gasteiger partial charge in [-0.1, -0.05) is 81.4 Å². The van der Waals surface area contributed by atoms with Gasteiger partial charge >= 0.3 is 5.97 Å². The molecule has 5 rings (SSSR count). The molecule has 0 radical (unpaired) electrons. The van der Waals surface area contributed by atoms with Crippen LogP contribution in [0.25, 0.3) is 20.9 Å². The number of aliphatic carboxylic acids is 1. The molecule has 626 valence electrons. The smallest absolute Gasteiger partial charge is 0.326 e. The molecule has 1 aromatic heterocycles. The van der Waals surface area contributed by atoms with Gasteiger partial charge in [0, 0.05) is 67.7 Å². The first-order valence-corrected chi connectivity index (χ1v) is 39.4. The minimum atomic E-state index is -1.81. The molecule has 1 fully saturated rings. The van der Waals surface area contributed by atoms with Crippen molar-refractivity contribution in [1.29, 1.82) is 21.6 Å². The van der Waals surface area contributed by atoms with Crippen molar-refractivity contribution in [3.05, 3.63) is 83.2 Å². The summed E-state index contributed by atoms with van der Waals surface area (Å²) in [5.41, 5.74) is 22.3. The van der Waals surface area contributed by atoms with E-state index in [9.17, 15) is 48.6 Å². The quantitative estimate of drug-likeness (QED) is 0.0101. The predicted octanol–water partition coefficient (Wildman–Crippen LogP) is -1.71. The Balaban J connectivity index is 1.54. The Morgan fingerprint density at radius 3 is 1.45 bits per heavy atom. The third-order valence-corrected chi connectivity index (χ3v) is 20.3. The second kappa shape index (κ2) is 45.2. The maximum Gasteiger partial charge on any atom is 0.326 e. The van der Waals surface area contributed by atoms with Gasteiger partial charge in [-0.2, -0.15) is 25.3 Å². The maximum absolute atomic E-state index is 15.8. The number of fused-ring (bicyclic) bond motifs is 2. The lowest BCUT2D eigenvalue weighted by Crippen LogP contribution is -2.65. The fraction of sp³-hybridized carbons (Fsp3) is 0.541. The van der Waals surface area contributed by atoms with Gasteiger partial charge in [0.25, 0.3) is 0 Å². The number of rotatable bonds is 44. The molecule has 12 atom stereocenters. The number of aliphatic hydroxyl groups is 1. The maximum atomic E-state index is 15.8. The average molecular weight is 1650 g/mol. The van der Waals surface area contributed by atoms with Crippen molar-refractivity contribution >= 4 is 152 Å². The molecule has 37 nitrogen and oxygen atoms in total. The van der Waals surface area contributed by atoms with Crippen LogP contribution in [0.4, 0.5) is 0 Å². The lowest BCUT2D eigenvalue weighted by atomic mass is 9.86. The molecule has 2 heterocycles. The van der Waals surface area contributed by atoms with Gasteiger partial charge in [0.05, 0.1) is 6.10 Å². The third kappa shape index (κ3) is 30.6. The van der Waals surface area contributed by atoms with Gasteiger partial charge in [-0.15, -0.1) is 11.3 Å². The van der Waals surface area contributed by atoms with Crippen molar-refractivity contribution in [1.82, 2.24) is 79.3 Å². The zero-order valence-corrected chi connectivity index (χ0v) is 67.7. The van der Waals surface area contributed by atoms with Crippen molar-refractivity contribution in [2.45, 2.75) is 209 Å². The number of nitrogens with zero attached hydrogens (tertiary/aromatic N) is 1. The molecule has 40 heteroatoms.